The molecule has 1 amide bonds. The normalized spacial score (nSPS) is 16.8. The number of aryl methyl sites for hydroxylation is 1. The summed E-state index contributed by atoms with van der Waals surface area (Å²) in [5.74, 6) is -1.32. The number of hydrogen-bond acceptors (Lipinski definition) is 6. The molecule has 0 aliphatic carbocycles. The molecule has 0 bridgehead atoms. The van der Waals surface area contributed by atoms with Gasteiger partial charge in [-0.25, -0.2) is 0 Å². The fourth-order valence-corrected chi connectivity index (χ4v) is 5.12. The predicted molar refractivity (Wildman–Crippen MR) is 121 cm³/mol. The Morgan fingerprint density at radius 1 is 1.23 bits per heavy atom. The van der Waals surface area contributed by atoms with E-state index < -0.39 is 23.5 Å². The molecule has 1 N–H and O–H groups in total. The minimum Gasteiger partial charge on any atom is -0.503 e. The number of hydrogen-bond donors (Lipinski definition) is 1. The summed E-state index contributed by atoms with van der Waals surface area (Å²) >= 11 is 1.49. The van der Waals surface area contributed by atoms with Crippen molar-refractivity contribution in [3.63, 3.8) is 0 Å². The maximum absolute atomic E-state index is 13.5. The molecular weight excluding hydrogens is 412 g/mol. The molecule has 1 aliphatic rings. The number of carbonyl (C=O) groups excluding carboxylic acids is 2. The molecular formula is C24H26N2O4S. The maximum atomic E-state index is 13.5. The van der Waals surface area contributed by atoms with Crippen LogP contribution in [0, 0.1) is 6.92 Å². The van der Waals surface area contributed by atoms with Crippen molar-refractivity contribution < 1.29 is 19.1 Å². The fraction of sp³-hybridized carbons (Fsp3) is 0.333. The van der Waals surface area contributed by atoms with E-state index in [2.05, 4.69) is 18.7 Å². The van der Waals surface area contributed by atoms with E-state index in [-0.39, 0.29) is 11.3 Å². The zero-order valence-electron chi connectivity index (χ0n) is 17.9. The number of thiophene rings is 1. The van der Waals surface area contributed by atoms with Crippen LogP contribution in [-0.2, 0) is 4.79 Å². The number of aliphatic hydroxyl groups excluding tert-OH is 1. The Balaban J connectivity index is 1.74. The minimum atomic E-state index is -0.622. The second-order valence-corrected chi connectivity index (χ2v) is 8.58. The first kappa shape index (κ1) is 21.3. The summed E-state index contributed by atoms with van der Waals surface area (Å²) in [5, 5.41) is 13.5. The molecule has 1 unspecified atom stereocenters. The highest BCUT2D eigenvalue weighted by molar-refractivity contribution is 7.10. The van der Waals surface area contributed by atoms with Crippen LogP contribution in [0.25, 0.3) is 11.0 Å². The zero-order valence-corrected chi connectivity index (χ0v) is 18.7. The molecule has 31 heavy (non-hydrogen) atoms. The maximum Gasteiger partial charge on any atom is 0.290 e. The lowest BCUT2D eigenvalue weighted by molar-refractivity contribution is -0.129. The van der Waals surface area contributed by atoms with Crippen LogP contribution in [0.1, 0.15) is 40.9 Å². The molecule has 0 saturated heterocycles. The molecule has 0 spiro atoms. The van der Waals surface area contributed by atoms with Crippen LogP contribution < -0.4 is 0 Å². The van der Waals surface area contributed by atoms with Gasteiger partial charge in [-0.1, -0.05) is 32.0 Å². The van der Waals surface area contributed by atoms with Gasteiger partial charge in [0, 0.05) is 23.4 Å². The Kier molecular flexibility index (Phi) is 5.98. The number of likely N-dealkylation sites (N-methyl/N-ethyl adjacent to an activating group) is 1. The summed E-state index contributed by atoms with van der Waals surface area (Å²) in [6, 6.07) is 10.4. The topological polar surface area (TPSA) is 74.0 Å². The van der Waals surface area contributed by atoms with Crippen LogP contribution in [0.15, 0.2) is 57.5 Å². The van der Waals surface area contributed by atoms with Crippen molar-refractivity contribution in [2.75, 3.05) is 26.2 Å². The van der Waals surface area contributed by atoms with Crippen molar-refractivity contribution in [3.05, 3.63) is 69.3 Å². The number of para-hydroxylation sites is 1. The molecule has 1 aliphatic heterocycles. The molecule has 2 aromatic heterocycles. The predicted octanol–water partition coefficient (Wildman–Crippen LogP) is 4.72. The first-order valence-corrected chi connectivity index (χ1v) is 11.4. The number of furan rings is 1. The molecule has 3 heterocycles. The monoisotopic (exact) mass is 438 g/mol. The molecule has 162 valence electrons. The second kappa shape index (κ2) is 8.69. The average molecular weight is 439 g/mol. The first-order chi connectivity index (χ1) is 15.0. The number of aliphatic hydroxyl groups is 1. The zero-order chi connectivity index (χ0) is 22.1. The van der Waals surface area contributed by atoms with Gasteiger partial charge in [0.25, 0.3) is 5.91 Å². The lowest BCUT2D eigenvalue weighted by atomic mass is 9.98. The number of benzene rings is 1. The number of amides is 1. The van der Waals surface area contributed by atoms with Crippen LogP contribution in [0.5, 0.6) is 0 Å². The number of Topliss-reactive ketones (excluding diaryl/α,β-unsaturated/α-hetero) is 1. The molecule has 0 saturated carbocycles. The van der Waals surface area contributed by atoms with Crippen molar-refractivity contribution in [1.82, 2.24) is 9.80 Å². The summed E-state index contributed by atoms with van der Waals surface area (Å²) in [5.41, 5.74) is 1.67. The van der Waals surface area contributed by atoms with E-state index in [1.54, 1.807) is 17.0 Å². The largest absolute Gasteiger partial charge is 0.503 e. The minimum absolute atomic E-state index is 0.0918. The van der Waals surface area contributed by atoms with Crippen LogP contribution >= 0.6 is 11.3 Å². The van der Waals surface area contributed by atoms with Gasteiger partial charge in [-0.05, 0) is 49.2 Å². The van der Waals surface area contributed by atoms with Gasteiger partial charge in [-0.3, -0.25) is 9.59 Å². The highest BCUT2D eigenvalue weighted by Gasteiger charge is 2.45. The van der Waals surface area contributed by atoms with Gasteiger partial charge >= 0.3 is 0 Å². The van der Waals surface area contributed by atoms with Crippen molar-refractivity contribution in [3.8, 4) is 0 Å². The molecule has 3 aromatic rings. The molecule has 1 aromatic carbocycles. The van der Waals surface area contributed by atoms with Gasteiger partial charge in [0.2, 0.25) is 5.78 Å². The van der Waals surface area contributed by atoms with Crippen molar-refractivity contribution in [2.45, 2.75) is 26.8 Å². The number of ketones is 1. The quantitative estimate of drug-likeness (QED) is 0.515. The van der Waals surface area contributed by atoms with E-state index in [0.717, 1.165) is 28.9 Å². The van der Waals surface area contributed by atoms with Crippen molar-refractivity contribution in [1.29, 1.82) is 0 Å². The first-order valence-electron chi connectivity index (χ1n) is 10.5. The number of rotatable bonds is 8. The van der Waals surface area contributed by atoms with E-state index in [1.807, 2.05) is 36.6 Å². The molecule has 7 heteroatoms. The van der Waals surface area contributed by atoms with Crippen LogP contribution in [0.4, 0.5) is 0 Å². The van der Waals surface area contributed by atoms with Crippen LogP contribution in [-0.4, -0.2) is 52.8 Å². The highest BCUT2D eigenvalue weighted by Crippen LogP contribution is 2.42. The second-order valence-electron chi connectivity index (χ2n) is 7.64. The SMILES string of the molecule is CCN(CC)CCN1C(=O)C(O)=C(C(=O)c2cc3ccccc3o2)C1c1sccc1C. The van der Waals surface area contributed by atoms with Gasteiger partial charge in [-0.2, -0.15) is 0 Å². The van der Waals surface area contributed by atoms with E-state index in [4.69, 9.17) is 4.42 Å². The van der Waals surface area contributed by atoms with Crippen molar-refractivity contribution in [2.24, 2.45) is 0 Å². The van der Waals surface area contributed by atoms with Crippen molar-refractivity contribution >= 4 is 34.0 Å². The fourth-order valence-electron chi connectivity index (χ4n) is 4.07. The smallest absolute Gasteiger partial charge is 0.290 e. The Morgan fingerprint density at radius 3 is 2.61 bits per heavy atom. The summed E-state index contributed by atoms with van der Waals surface area (Å²) < 4.78 is 5.76. The van der Waals surface area contributed by atoms with E-state index >= 15 is 0 Å². The number of carbonyl (C=O) groups is 2. The lowest BCUT2D eigenvalue weighted by Crippen LogP contribution is -2.38. The average Bonchev–Trinajstić information content (AvgIpc) is 3.46. The molecule has 6 nitrogen and oxygen atoms in total. The summed E-state index contributed by atoms with van der Waals surface area (Å²) in [6.07, 6.45) is 0. The van der Waals surface area contributed by atoms with Crippen LogP contribution in [0.3, 0.4) is 0 Å². The highest BCUT2D eigenvalue weighted by atomic mass is 32.1. The molecule has 0 radical (unpaired) electrons. The molecule has 1 atom stereocenters. The summed E-state index contributed by atoms with van der Waals surface area (Å²) in [7, 11) is 0. The Morgan fingerprint density at radius 2 is 1.97 bits per heavy atom. The summed E-state index contributed by atoms with van der Waals surface area (Å²) in [6.45, 7) is 8.92. The van der Waals surface area contributed by atoms with E-state index in [9.17, 15) is 14.7 Å². The van der Waals surface area contributed by atoms with Gasteiger partial charge < -0.3 is 19.3 Å². The number of fused-ring (bicyclic) bond motifs is 1. The molecule has 0 fully saturated rings. The summed E-state index contributed by atoms with van der Waals surface area (Å²) in [4.78, 5) is 31.2. The Bertz CT molecular complexity index is 1120. The third-order valence-electron chi connectivity index (χ3n) is 5.90. The van der Waals surface area contributed by atoms with Gasteiger partial charge in [0.05, 0.1) is 5.57 Å². The van der Waals surface area contributed by atoms with Gasteiger partial charge in [0.15, 0.2) is 11.5 Å². The van der Waals surface area contributed by atoms with E-state index in [1.165, 1.54) is 11.3 Å². The number of nitrogens with zero attached hydrogens (tertiary/aromatic N) is 2. The van der Waals surface area contributed by atoms with Gasteiger partial charge in [0.1, 0.15) is 11.6 Å². The van der Waals surface area contributed by atoms with E-state index in [0.29, 0.717) is 18.7 Å². The Hall–Kier alpha value is -2.90. The standard InChI is InChI=1S/C24H26N2O4S/c1-4-25(5-2)11-12-26-20(23-15(3)10-13-31-23)19(22(28)24(26)29)21(27)18-14-16-8-6-7-9-17(16)30-18/h6-10,13-14,20,28H,4-5,11-12H2,1-3H3. The van der Waals surface area contributed by atoms with Crippen LogP contribution in [0.2, 0.25) is 0 Å². The third-order valence-corrected chi connectivity index (χ3v) is 6.97. The molecule has 4 rings (SSSR count). The Labute approximate surface area is 185 Å². The lowest BCUT2D eigenvalue weighted by Gasteiger charge is -2.28. The van der Waals surface area contributed by atoms with Gasteiger partial charge in [-0.15, -0.1) is 11.3 Å². The third kappa shape index (κ3) is 3.79.